The second kappa shape index (κ2) is 7.26. The fourth-order valence-electron chi connectivity index (χ4n) is 1.25. The SMILES string of the molecule is CCCCC(CC)(OCO)OCO. The minimum absolute atomic E-state index is 0.377. The van der Waals surface area contributed by atoms with Crippen LogP contribution in [0.15, 0.2) is 0 Å². The first kappa shape index (κ1) is 12.8. The van der Waals surface area contributed by atoms with Gasteiger partial charge in [-0.25, -0.2) is 0 Å². The topological polar surface area (TPSA) is 58.9 Å². The summed E-state index contributed by atoms with van der Waals surface area (Å²) in [5.74, 6) is -0.806. The van der Waals surface area contributed by atoms with Crippen molar-refractivity contribution in [3.63, 3.8) is 0 Å². The molecule has 0 aromatic carbocycles. The molecule has 0 fully saturated rings. The molecule has 0 aromatic heterocycles. The fourth-order valence-corrected chi connectivity index (χ4v) is 1.25. The van der Waals surface area contributed by atoms with Gasteiger partial charge < -0.3 is 19.7 Å². The van der Waals surface area contributed by atoms with Crippen LogP contribution in [0.5, 0.6) is 0 Å². The third kappa shape index (κ3) is 4.57. The van der Waals surface area contributed by atoms with Crippen molar-refractivity contribution in [1.82, 2.24) is 0 Å². The highest BCUT2D eigenvalue weighted by Crippen LogP contribution is 2.24. The molecule has 0 unspecified atom stereocenters. The fraction of sp³-hybridized carbons (Fsp3) is 1.00. The van der Waals surface area contributed by atoms with Crippen molar-refractivity contribution < 1.29 is 19.7 Å². The summed E-state index contributed by atoms with van der Waals surface area (Å²) in [4.78, 5) is 0. The summed E-state index contributed by atoms with van der Waals surface area (Å²) >= 11 is 0. The highest BCUT2D eigenvalue weighted by atomic mass is 16.8. The Bertz CT molecular complexity index is 110. The molecule has 0 radical (unpaired) electrons. The van der Waals surface area contributed by atoms with E-state index in [-0.39, 0.29) is 13.6 Å². The van der Waals surface area contributed by atoms with Gasteiger partial charge in [-0.1, -0.05) is 20.3 Å². The zero-order chi connectivity index (χ0) is 10.2. The molecule has 13 heavy (non-hydrogen) atoms. The number of ether oxygens (including phenoxy) is 2. The van der Waals surface area contributed by atoms with E-state index in [1.54, 1.807) is 0 Å². The van der Waals surface area contributed by atoms with Gasteiger partial charge in [0, 0.05) is 6.42 Å². The quantitative estimate of drug-likeness (QED) is 0.568. The predicted molar refractivity (Wildman–Crippen MR) is 48.9 cm³/mol. The minimum Gasteiger partial charge on any atom is -0.371 e. The van der Waals surface area contributed by atoms with Crippen LogP contribution in [0.25, 0.3) is 0 Å². The zero-order valence-electron chi connectivity index (χ0n) is 8.45. The molecule has 2 N–H and O–H groups in total. The Balaban J connectivity index is 4.07. The van der Waals surface area contributed by atoms with Gasteiger partial charge >= 0.3 is 0 Å². The Morgan fingerprint density at radius 3 is 1.92 bits per heavy atom. The van der Waals surface area contributed by atoms with Crippen molar-refractivity contribution in [3.05, 3.63) is 0 Å². The largest absolute Gasteiger partial charge is 0.371 e. The highest BCUT2D eigenvalue weighted by Gasteiger charge is 2.28. The number of aliphatic hydroxyl groups is 2. The van der Waals surface area contributed by atoms with Gasteiger partial charge in [0.1, 0.15) is 13.6 Å². The standard InChI is InChI=1S/C9H20O4/c1-3-5-6-9(4-2,12-7-10)13-8-11/h10-11H,3-8H2,1-2H3. The number of aliphatic hydroxyl groups excluding tert-OH is 2. The molecule has 0 bridgehead atoms. The second-order valence-electron chi connectivity index (χ2n) is 2.91. The summed E-state index contributed by atoms with van der Waals surface area (Å²) in [5, 5.41) is 17.4. The van der Waals surface area contributed by atoms with Crippen LogP contribution in [0.1, 0.15) is 39.5 Å². The lowest BCUT2D eigenvalue weighted by Crippen LogP contribution is -2.36. The summed E-state index contributed by atoms with van der Waals surface area (Å²) in [7, 11) is 0. The molecule has 0 atom stereocenters. The average molecular weight is 192 g/mol. The Hall–Kier alpha value is -0.160. The third-order valence-electron chi connectivity index (χ3n) is 2.11. The monoisotopic (exact) mass is 192 g/mol. The maximum absolute atomic E-state index is 8.68. The van der Waals surface area contributed by atoms with Gasteiger partial charge in [0.05, 0.1) is 0 Å². The third-order valence-corrected chi connectivity index (χ3v) is 2.11. The molecule has 0 saturated heterocycles. The van der Waals surface area contributed by atoms with E-state index in [0.717, 1.165) is 12.8 Å². The Morgan fingerprint density at radius 1 is 1.08 bits per heavy atom. The number of unbranched alkanes of at least 4 members (excludes halogenated alkanes) is 1. The van der Waals surface area contributed by atoms with Crippen LogP contribution in [-0.4, -0.2) is 29.6 Å². The molecule has 0 aliphatic rings. The summed E-state index contributed by atoms with van der Waals surface area (Å²) < 4.78 is 10.2. The van der Waals surface area contributed by atoms with Crippen LogP contribution in [0, 0.1) is 0 Å². The Morgan fingerprint density at radius 2 is 1.62 bits per heavy atom. The molecule has 0 spiro atoms. The number of hydrogen-bond donors (Lipinski definition) is 2. The first-order chi connectivity index (χ1) is 6.24. The Labute approximate surface area is 79.5 Å². The maximum atomic E-state index is 8.68. The zero-order valence-corrected chi connectivity index (χ0v) is 8.45. The lowest BCUT2D eigenvalue weighted by atomic mass is 10.1. The van der Waals surface area contributed by atoms with Crippen LogP contribution in [0.3, 0.4) is 0 Å². The van der Waals surface area contributed by atoms with E-state index < -0.39 is 5.79 Å². The normalized spacial score (nSPS) is 12.0. The van der Waals surface area contributed by atoms with Crippen molar-refractivity contribution in [1.29, 1.82) is 0 Å². The van der Waals surface area contributed by atoms with Crippen molar-refractivity contribution in [2.45, 2.75) is 45.3 Å². The van der Waals surface area contributed by atoms with E-state index in [4.69, 9.17) is 19.7 Å². The molecule has 4 nitrogen and oxygen atoms in total. The molecular weight excluding hydrogens is 172 g/mol. The molecule has 80 valence electrons. The molecule has 0 aromatic rings. The van der Waals surface area contributed by atoms with E-state index in [9.17, 15) is 0 Å². The van der Waals surface area contributed by atoms with Crippen molar-refractivity contribution in [2.24, 2.45) is 0 Å². The summed E-state index contributed by atoms with van der Waals surface area (Å²) in [6, 6.07) is 0. The minimum atomic E-state index is -0.806. The van der Waals surface area contributed by atoms with Gasteiger partial charge in [-0.2, -0.15) is 0 Å². The lowest BCUT2D eigenvalue weighted by Gasteiger charge is -2.31. The maximum Gasteiger partial charge on any atom is 0.173 e. The molecule has 0 amide bonds. The smallest absolute Gasteiger partial charge is 0.173 e. The van der Waals surface area contributed by atoms with Crippen LogP contribution in [-0.2, 0) is 9.47 Å². The first-order valence-electron chi connectivity index (χ1n) is 4.74. The molecule has 4 heteroatoms. The van der Waals surface area contributed by atoms with E-state index in [2.05, 4.69) is 6.92 Å². The van der Waals surface area contributed by atoms with Crippen LogP contribution >= 0.6 is 0 Å². The number of rotatable bonds is 8. The molecule has 0 aliphatic carbocycles. The first-order valence-corrected chi connectivity index (χ1v) is 4.74. The van der Waals surface area contributed by atoms with Gasteiger partial charge in [-0.05, 0) is 12.8 Å². The van der Waals surface area contributed by atoms with Gasteiger partial charge in [0.25, 0.3) is 0 Å². The lowest BCUT2D eigenvalue weighted by molar-refractivity contribution is -0.291. The molecule has 0 heterocycles. The van der Waals surface area contributed by atoms with E-state index in [1.165, 1.54) is 0 Å². The molecule has 0 saturated carbocycles. The average Bonchev–Trinajstić information content (AvgIpc) is 2.15. The Kier molecular flexibility index (Phi) is 7.17. The van der Waals surface area contributed by atoms with Crippen LogP contribution in [0.2, 0.25) is 0 Å². The van der Waals surface area contributed by atoms with Crippen molar-refractivity contribution in [3.8, 4) is 0 Å². The van der Waals surface area contributed by atoms with Crippen LogP contribution in [0.4, 0.5) is 0 Å². The number of hydrogen-bond acceptors (Lipinski definition) is 4. The second-order valence-corrected chi connectivity index (χ2v) is 2.91. The van der Waals surface area contributed by atoms with Gasteiger partial charge in [-0.15, -0.1) is 0 Å². The molecule has 0 rings (SSSR count). The van der Waals surface area contributed by atoms with Crippen molar-refractivity contribution >= 4 is 0 Å². The van der Waals surface area contributed by atoms with Gasteiger partial charge in [0.2, 0.25) is 0 Å². The van der Waals surface area contributed by atoms with Crippen molar-refractivity contribution in [2.75, 3.05) is 13.6 Å². The van der Waals surface area contributed by atoms with E-state index >= 15 is 0 Å². The van der Waals surface area contributed by atoms with Crippen LogP contribution < -0.4 is 0 Å². The predicted octanol–water partition coefficient (Wildman–Crippen LogP) is 1.22. The van der Waals surface area contributed by atoms with E-state index in [0.29, 0.717) is 12.8 Å². The molecular formula is C9H20O4. The summed E-state index contributed by atoms with van der Waals surface area (Å²) in [5.41, 5.74) is 0. The van der Waals surface area contributed by atoms with E-state index in [1.807, 2.05) is 6.92 Å². The van der Waals surface area contributed by atoms with Gasteiger partial charge in [-0.3, -0.25) is 0 Å². The highest BCUT2D eigenvalue weighted by molar-refractivity contribution is 4.66. The summed E-state index contributed by atoms with van der Waals surface area (Å²) in [6.07, 6.45) is 3.30. The molecule has 0 aliphatic heterocycles. The van der Waals surface area contributed by atoms with Gasteiger partial charge in [0.15, 0.2) is 5.79 Å². The summed E-state index contributed by atoms with van der Waals surface area (Å²) in [6.45, 7) is 3.22.